The highest BCUT2D eigenvalue weighted by Crippen LogP contribution is 2.31. The molecule has 1 amide bonds. The Morgan fingerprint density at radius 1 is 1.43 bits per heavy atom. The molecule has 0 aliphatic rings. The number of aliphatic carboxylic acids is 1. The molecule has 0 bridgehead atoms. The molecule has 21 heavy (non-hydrogen) atoms. The van der Waals surface area contributed by atoms with Gasteiger partial charge in [-0.25, -0.2) is 4.98 Å². The van der Waals surface area contributed by atoms with Crippen molar-refractivity contribution in [2.45, 2.75) is 20.3 Å². The number of amides is 1. The molecular weight excluding hydrogens is 308 g/mol. The molecule has 7 heteroatoms. The molecule has 2 aromatic heterocycles. The van der Waals surface area contributed by atoms with Crippen molar-refractivity contribution in [1.82, 2.24) is 9.88 Å². The van der Waals surface area contributed by atoms with Gasteiger partial charge in [0.1, 0.15) is 16.4 Å². The molecule has 5 nitrogen and oxygen atoms in total. The molecule has 0 radical (unpaired) electrons. The predicted molar refractivity (Wildman–Crippen MR) is 84.0 cm³/mol. The first-order valence-electron chi connectivity index (χ1n) is 6.55. The Balaban J connectivity index is 2.27. The summed E-state index contributed by atoms with van der Waals surface area (Å²) < 4.78 is 0. The van der Waals surface area contributed by atoms with Crippen LogP contribution in [0.3, 0.4) is 0 Å². The maximum atomic E-state index is 12.5. The lowest BCUT2D eigenvalue weighted by molar-refractivity contribution is -0.137. The minimum absolute atomic E-state index is 0.253. The zero-order valence-corrected chi connectivity index (χ0v) is 13.5. The lowest BCUT2D eigenvalue weighted by Crippen LogP contribution is -2.36. The van der Waals surface area contributed by atoms with E-state index in [9.17, 15) is 9.59 Å². The Bertz CT molecular complexity index is 635. The van der Waals surface area contributed by atoms with Gasteiger partial charge in [0, 0.05) is 6.54 Å². The average molecular weight is 324 g/mol. The fraction of sp³-hybridized carbons (Fsp3) is 0.357. The van der Waals surface area contributed by atoms with E-state index in [4.69, 9.17) is 5.11 Å². The van der Waals surface area contributed by atoms with E-state index in [1.165, 1.54) is 16.2 Å². The van der Waals surface area contributed by atoms with Gasteiger partial charge in [-0.05, 0) is 24.8 Å². The quantitative estimate of drug-likeness (QED) is 0.886. The second-order valence-corrected chi connectivity index (χ2v) is 6.48. The van der Waals surface area contributed by atoms with Gasteiger partial charge in [-0.1, -0.05) is 13.0 Å². The van der Waals surface area contributed by atoms with Crippen LogP contribution in [0.4, 0.5) is 0 Å². The normalized spacial score (nSPS) is 10.6. The number of thiazole rings is 1. The minimum atomic E-state index is -1.00. The fourth-order valence-electron chi connectivity index (χ4n) is 1.93. The second-order valence-electron chi connectivity index (χ2n) is 4.53. The van der Waals surface area contributed by atoms with E-state index in [1.807, 2.05) is 24.4 Å². The third-order valence-corrected chi connectivity index (χ3v) is 5.01. The number of thiophene rings is 1. The summed E-state index contributed by atoms with van der Waals surface area (Å²) in [5.41, 5.74) is 0.653. The first-order chi connectivity index (χ1) is 10.0. The third kappa shape index (κ3) is 3.68. The molecule has 112 valence electrons. The van der Waals surface area contributed by atoms with Gasteiger partial charge in [-0.3, -0.25) is 9.59 Å². The van der Waals surface area contributed by atoms with Crippen molar-refractivity contribution in [3.63, 3.8) is 0 Å². The van der Waals surface area contributed by atoms with Gasteiger partial charge in [-0.2, -0.15) is 0 Å². The van der Waals surface area contributed by atoms with Crippen molar-refractivity contribution in [3.8, 4) is 9.88 Å². The topological polar surface area (TPSA) is 70.5 Å². The third-order valence-electron chi connectivity index (χ3n) is 2.83. The van der Waals surface area contributed by atoms with Crippen LogP contribution in [0.25, 0.3) is 9.88 Å². The molecule has 0 fully saturated rings. The van der Waals surface area contributed by atoms with E-state index in [2.05, 4.69) is 4.98 Å². The molecule has 2 aromatic rings. The summed E-state index contributed by atoms with van der Waals surface area (Å²) in [4.78, 5) is 30.7. The molecular formula is C14H16N2O3S2. The van der Waals surface area contributed by atoms with Crippen LogP contribution in [0.1, 0.15) is 28.7 Å². The summed E-state index contributed by atoms with van der Waals surface area (Å²) >= 11 is 2.89. The molecule has 0 aliphatic carbocycles. The van der Waals surface area contributed by atoms with Gasteiger partial charge in [0.05, 0.1) is 10.6 Å². The second kappa shape index (κ2) is 6.82. The molecule has 0 aliphatic heterocycles. The van der Waals surface area contributed by atoms with Crippen LogP contribution >= 0.6 is 22.7 Å². The Hall–Kier alpha value is -1.73. The molecule has 0 unspecified atom stereocenters. The van der Waals surface area contributed by atoms with E-state index in [0.29, 0.717) is 23.5 Å². The van der Waals surface area contributed by atoms with Gasteiger partial charge in [0.15, 0.2) is 0 Å². The van der Waals surface area contributed by atoms with Crippen molar-refractivity contribution in [2.75, 3.05) is 13.1 Å². The largest absolute Gasteiger partial charge is 0.480 e. The van der Waals surface area contributed by atoms with E-state index in [-0.39, 0.29) is 12.5 Å². The van der Waals surface area contributed by atoms with Crippen LogP contribution < -0.4 is 0 Å². The van der Waals surface area contributed by atoms with Crippen LogP contribution in [0.5, 0.6) is 0 Å². The molecule has 2 heterocycles. The standard InChI is InChI=1S/C14H16N2O3S2/c1-3-6-16(8-11(17)18)14(19)12-9(2)15-13(21-12)10-5-4-7-20-10/h4-5,7H,3,6,8H2,1-2H3,(H,17,18). The first kappa shape index (κ1) is 15.7. The maximum absolute atomic E-state index is 12.5. The Morgan fingerprint density at radius 3 is 2.76 bits per heavy atom. The number of carboxylic acid groups (broad SMARTS) is 1. The van der Waals surface area contributed by atoms with E-state index >= 15 is 0 Å². The van der Waals surface area contributed by atoms with Crippen LogP contribution in [-0.4, -0.2) is 40.0 Å². The number of aromatic nitrogens is 1. The molecule has 0 saturated heterocycles. The average Bonchev–Trinajstić information content (AvgIpc) is 3.05. The number of carboxylic acids is 1. The highest BCUT2D eigenvalue weighted by molar-refractivity contribution is 7.22. The van der Waals surface area contributed by atoms with E-state index in [0.717, 1.165) is 9.88 Å². The summed E-state index contributed by atoms with van der Waals surface area (Å²) in [6.45, 7) is 3.85. The zero-order valence-electron chi connectivity index (χ0n) is 11.8. The maximum Gasteiger partial charge on any atom is 0.323 e. The predicted octanol–water partition coefficient (Wildman–Crippen LogP) is 3.12. The lowest BCUT2D eigenvalue weighted by atomic mass is 10.3. The monoisotopic (exact) mass is 324 g/mol. The van der Waals surface area contributed by atoms with Gasteiger partial charge >= 0.3 is 5.97 Å². The number of rotatable bonds is 6. The van der Waals surface area contributed by atoms with Crippen molar-refractivity contribution in [3.05, 3.63) is 28.1 Å². The summed E-state index contributed by atoms with van der Waals surface area (Å²) in [5.74, 6) is -1.26. The number of nitrogens with zero attached hydrogens (tertiary/aromatic N) is 2. The Labute approximate surface area is 130 Å². The van der Waals surface area contributed by atoms with Gasteiger partial charge in [0.25, 0.3) is 5.91 Å². The smallest absolute Gasteiger partial charge is 0.323 e. The number of carbonyl (C=O) groups excluding carboxylic acids is 1. The van der Waals surface area contributed by atoms with Crippen LogP contribution in [-0.2, 0) is 4.79 Å². The zero-order chi connectivity index (χ0) is 15.4. The summed E-state index contributed by atoms with van der Waals surface area (Å²) in [7, 11) is 0. The van der Waals surface area contributed by atoms with Gasteiger partial charge < -0.3 is 10.0 Å². The summed E-state index contributed by atoms with van der Waals surface area (Å²) in [6, 6.07) is 3.89. The molecule has 0 atom stereocenters. The lowest BCUT2D eigenvalue weighted by Gasteiger charge is -2.19. The van der Waals surface area contributed by atoms with Crippen molar-refractivity contribution >= 4 is 34.6 Å². The molecule has 0 aromatic carbocycles. The van der Waals surface area contributed by atoms with Gasteiger partial charge in [-0.15, -0.1) is 22.7 Å². The van der Waals surface area contributed by atoms with Crippen LogP contribution in [0.15, 0.2) is 17.5 Å². The molecule has 0 spiro atoms. The molecule has 1 N–H and O–H groups in total. The first-order valence-corrected chi connectivity index (χ1v) is 8.25. The number of carbonyl (C=O) groups is 2. The van der Waals surface area contributed by atoms with E-state index < -0.39 is 5.97 Å². The van der Waals surface area contributed by atoms with Crippen molar-refractivity contribution < 1.29 is 14.7 Å². The Kier molecular flexibility index (Phi) is 5.08. The fourth-order valence-corrected chi connectivity index (χ4v) is 3.76. The minimum Gasteiger partial charge on any atom is -0.480 e. The van der Waals surface area contributed by atoms with Gasteiger partial charge in [0.2, 0.25) is 0 Å². The van der Waals surface area contributed by atoms with Crippen LogP contribution in [0.2, 0.25) is 0 Å². The summed E-state index contributed by atoms with van der Waals surface area (Å²) in [6.07, 6.45) is 0.717. The summed E-state index contributed by atoms with van der Waals surface area (Å²) in [5, 5.41) is 11.7. The number of hydrogen-bond donors (Lipinski definition) is 1. The highest BCUT2D eigenvalue weighted by atomic mass is 32.1. The molecule has 2 rings (SSSR count). The SMILES string of the molecule is CCCN(CC(=O)O)C(=O)c1sc(-c2cccs2)nc1C. The highest BCUT2D eigenvalue weighted by Gasteiger charge is 2.23. The van der Waals surface area contributed by atoms with Crippen LogP contribution in [0, 0.1) is 6.92 Å². The van der Waals surface area contributed by atoms with E-state index in [1.54, 1.807) is 18.3 Å². The van der Waals surface area contributed by atoms with Crippen molar-refractivity contribution in [2.24, 2.45) is 0 Å². The van der Waals surface area contributed by atoms with Crippen molar-refractivity contribution in [1.29, 1.82) is 0 Å². The number of aryl methyl sites for hydroxylation is 1. The molecule has 0 saturated carbocycles. The number of hydrogen-bond acceptors (Lipinski definition) is 5. The Morgan fingerprint density at radius 2 is 2.19 bits per heavy atom.